The van der Waals surface area contributed by atoms with Crippen molar-refractivity contribution < 1.29 is 9.72 Å². The molecule has 1 heterocycles. The summed E-state index contributed by atoms with van der Waals surface area (Å²) in [5.74, 6) is 0.258. The molecule has 6 heteroatoms. The van der Waals surface area contributed by atoms with Gasteiger partial charge < -0.3 is 5.32 Å². The van der Waals surface area contributed by atoms with Gasteiger partial charge in [0.2, 0.25) is 5.91 Å². The molecule has 0 bridgehead atoms. The van der Waals surface area contributed by atoms with Crippen LogP contribution in [-0.2, 0) is 4.79 Å². The smallest absolute Gasteiger partial charge is 0.287 e. The molecular formula is C14H21N3O3. The fraction of sp³-hybridized carbons (Fsp3) is 0.571. The second-order valence-corrected chi connectivity index (χ2v) is 4.72. The zero-order chi connectivity index (χ0) is 14.8. The summed E-state index contributed by atoms with van der Waals surface area (Å²) >= 11 is 0. The van der Waals surface area contributed by atoms with Crippen LogP contribution >= 0.6 is 0 Å². The number of hydrogen-bond donors (Lipinski definition) is 1. The van der Waals surface area contributed by atoms with Crippen molar-refractivity contribution >= 4 is 17.4 Å². The van der Waals surface area contributed by atoms with E-state index in [-0.39, 0.29) is 11.6 Å². The number of pyridine rings is 1. The molecule has 0 aromatic carbocycles. The summed E-state index contributed by atoms with van der Waals surface area (Å²) in [6.07, 6.45) is 8.37. The van der Waals surface area contributed by atoms with Crippen molar-refractivity contribution in [2.24, 2.45) is 0 Å². The van der Waals surface area contributed by atoms with Crippen LogP contribution in [0.1, 0.15) is 51.9 Å². The van der Waals surface area contributed by atoms with Gasteiger partial charge in [0.1, 0.15) is 12.0 Å². The molecule has 0 saturated carbocycles. The zero-order valence-electron chi connectivity index (χ0n) is 11.8. The molecule has 0 atom stereocenters. The number of rotatable bonds is 9. The number of nitrogens with one attached hydrogen (secondary N) is 1. The lowest BCUT2D eigenvalue weighted by Crippen LogP contribution is -2.12. The molecule has 20 heavy (non-hydrogen) atoms. The minimum Gasteiger partial charge on any atom is -0.311 e. The SMILES string of the molecule is CCCCCCCCC(=O)Nc1ccc([N+](=O)[O-])cn1. The number of carbonyl (C=O) groups excluding carboxylic acids is 1. The van der Waals surface area contributed by atoms with Gasteiger partial charge in [-0.25, -0.2) is 4.98 Å². The van der Waals surface area contributed by atoms with Crippen LogP contribution in [0.15, 0.2) is 18.3 Å². The van der Waals surface area contributed by atoms with Crippen LogP contribution in [0, 0.1) is 10.1 Å². The highest BCUT2D eigenvalue weighted by molar-refractivity contribution is 5.89. The highest BCUT2D eigenvalue weighted by Gasteiger charge is 2.07. The molecule has 0 fully saturated rings. The predicted molar refractivity (Wildman–Crippen MR) is 77.5 cm³/mol. The van der Waals surface area contributed by atoms with Crippen LogP contribution in [0.5, 0.6) is 0 Å². The van der Waals surface area contributed by atoms with E-state index in [9.17, 15) is 14.9 Å². The standard InChI is InChI=1S/C14H21N3O3/c1-2-3-4-5-6-7-8-14(18)16-13-10-9-12(11-15-13)17(19)20/h9-11H,2-8H2,1H3,(H,15,16,18). The normalized spacial score (nSPS) is 10.2. The Bertz CT molecular complexity index is 432. The number of anilines is 1. The third kappa shape index (κ3) is 6.26. The molecule has 1 rings (SSSR count). The number of unbranched alkanes of at least 4 members (excludes halogenated alkanes) is 5. The van der Waals surface area contributed by atoms with Gasteiger partial charge in [-0.1, -0.05) is 39.0 Å². The molecule has 0 spiro atoms. The minimum atomic E-state index is -0.519. The van der Waals surface area contributed by atoms with E-state index in [2.05, 4.69) is 17.2 Å². The quantitative estimate of drug-likeness (QED) is 0.424. The summed E-state index contributed by atoms with van der Waals surface area (Å²) in [6.45, 7) is 2.17. The van der Waals surface area contributed by atoms with Gasteiger partial charge in [-0.05, 0) is 12.5 Å². The second-order valence-electron chi connectivity index (χ2n) is 4.72. The highest BCUT2D eigenvalue weighted by Crippen LogP contribution is 2.12. The average Bonchev–Trinajstić information content (AvgIpc) is 2.43. The summed E-state index contributed by atoms with van der Waals surface area (Å²) in [7, 11) is 0. The van der Waals surface area contributed by atoms with Gasteiger partial charge in [-0.3, -0.25) is 14.9 Å². The topological polar surface area (TPSA) is 85.1 Å². The maximum Gasteiger partial charge on any atom is 0.287 e. The number of aromatic nitrogens is 1. The largest absolute Gasteiger partial charge is 0.311 e. The van der Waals surface area contributed by atoms with Gasteiger partial charge in [0.05, 0.1) is 4.92 Å². The first-order valence-corrected chi connectivity index (χ1v) is 7.03. The predicted octanol–water partition coefficient (Wildman–Crippen LogP) is 3.68. The highest BCUT2D eigenvalue weighted by atomic mass is 16.6. The number of nitrogens with zero attached hydrogens (tertiary/aromatic N) is 2. The zero-order valence-corrected chi connectivity index (χ0v) is 11.8. The maximum absolute atomic E-state index is 11.6. The molecular weight excluding hydrogens is 258 g/mol. The van der Waals surface area contributed by atoms with Crippen LogP contribution in [0.3, 0.4) is 0 Å². The molecule has 1 amide bonds. The summed E-state index contributed by atoms with van der Waals surface area (Å²) < 4.78 is 0. The van der Waals surface area contributed by atoms with Gasteiger partial charge >= 0.3 is 0 Å². The van der Waals surface area contributed by atoms with Crippen molar-refractivity contribution in [3.63, 3.8) is 0 Å². The van der Waals surface area contributed by atoms with Crippen molar-refractivity contribution in [1.29, 1.82) is 0 Å². The fourth-order valence-corrected chi connectivity index (χ4v) is 1.84. The van der Waals surface area contributed by atoms with Gasteiger partial charge in [0.25, 0.3) is 5.69 Å². The Hall–Kier alpha value is -1.98. The second kappa shape index (κ2) is 9.01. The van der Waals surface area contributed by atoms with E-state index >= 15 is 0 Å². The molecule has 110 valence electrons. The van der Waals surface area contributed by atoms with E-state index in [0.29, 0.717) is 12.2 Å². The molecule has 0 radical (unpaired) electrons. The van der Waals surface area contributed by atoms with Crippen molar-refractivity contribution in [3.05, 3.63) is 28.4 Å². The van der Waals surface area contributed by atoms with Crippen molar-refractivity contribution in [2.45, 2.75) is 51.9 Å². The van der Waals surface area contributed by atoms with Crippen molar-refractivity contribution in [1.82, 2.24) is 4.98 Å². The monoisotopic (exact) mass is 279 g/mol. The first-order valence-electron chi connectivity index (χ1n) is 7.03. The molecule has 0 aliphatic rings. The molecule has 0 saturated heterocycles. The first-order chi connectivity index (χ1) is 9.63. The lowest BCUT2D eigenvalue weighted by atomic mass is 10.1. The van der Waals surface area contributed by atoms with E-state index in [4.69, 9.17) is 0 Å². The van der Waals surface area contributed by atoms with E-state index in [1.54, 1.807) is 0 Å². The summed E-state index contributed by atoms with van der Waals surface area (Å²) in [5.41, 5.74) is -0.0843. The van der Waals surface area contributed by atoms with Gasteiger partial charge in [-0.2, -0.15) is 0 Å². The summed E-state index contributed by atoms with van der Waals surface area (Å²) in [4.78, 5) is 25.4. The molecule has 0 unspecified atom stereocenters. The summed E-state index contributed by atoms with van der Waals surface area (Å²) in [5, 5.41) is 13.1. The third-order valence-electron chi connectivity index (χ3n) is 2.98. The van der Waals surface area contributed by atoms with Gasteiger partial charge in [-0.15, -0.1) is 0 Å². The summed E-state index contributed by atoms with van der Waals surface area (Å²) in [6, 6.07) is 2.77. The van der Waals surface area contributed by atoms with E-state index in [0.717, 1.165) is 25.5 Å². The van der Waals surface area contributed by atoms with Crippen molar-refractivity contribution in [3.8, 4) is 0 Å². The Labute approximate surface area is 118 Å². The maximum atomic E-state index is 11.6. The minimum absolute atomic E-state index is 0.0843. The van der Waals surface area contributed by atoms with E-state index in [1.807, 2.05) is 0 Å². The number of nitro groups is 1. The van der Waals surface area contributed by atoms with Crippen LogP contribution in [0.4, 0.5) is 11.5 Å². The van der Waals surface area contributed by atoms with E-state index in [1.165, 1.54) is 31.4 Å². The molecule has 0 aliphatic carbocycles. The molecule has 1 aromatic heterocycles. The van der Waals surface area contributed by atoms with Crippen LogP contribution in [0.2, 0.25) is 0 Å². The Balaban J connectivity index is 2.23. The number of amides is 1. The van der Waals surface area contributed by atoms with Crippen LogP contribution in [-0.4, -0.2) is 15.8 Å². The van der Waals surface area contributed by atoms with E-state index < -0.39 is 4.92 Å². The molecule has 0 aliphatic heterocycles. The molecule has 1 N–H and O–H groups in total. The third-order valence-corrected chi connectivity index (χ3v) is 2.98. The molecule has 1 aromatic rings. The lowest BCUT2D eigenvalue weighted by Gasteiger charge is -2.04. The number of carbonyl (C=O) groups is 1. The van der Waals surface area contributed by atoms with Crippen molar-refractivity contribution in [2.75, 3.05) is 5.32 Å². The Morgan fingerprint density at radius 1 is 1.25 bits per heavy atom. The van der Waals surface area contributed by atoms with Gasteiger partial charge in [0, 0.05) is 12.5 Å². The van der Waals surface area contributed by atoms with Crippen LogP contribution < -0.4 is 5.32 Å². The number of hydrogen-bond acceptors (Lipinski definition) is 4. The fourth-order valence-electron chi connectivity index (χ4n) is 1.84. The Kier molecular flexibility index (Phi) is 7.24. The first kappa shape index (κ1) is 16.1. The lowest BCUT2D eigenvalue weighted by molar-refractivity contribution is -0.385. The van der Waals surface area contributed by atoms with Crippen LogP contribution in [0.25, 0.3) is 0 Å². The Morgan fingerprint density at radius 3 is 2.55 bits per heavy atom. The van der Waals surface area contributed by atoms with Gasteiger partial charge in [0.15, 0.2) is 0 Å². The average molecular weight is 279 g/mol. The Morgan fingerprint density at radius 2 is 1.95 bits per heavy atom. The molecule has 6 nitrogen and oxygen atoms in total.